The smallest absolute Gasteiger partial charge is 0.0178 e. The molecular weight excluding hydrogens is 242 g/mol. The number of hydrogen-bond donors (Lipinski definition) is 0. The highest BCUT2D eigenvalue weighted by Crippen LogP contribution is 2.27. The first kappa shape index (κ1) is 13.0. The summed E-state index contributed by atoms with van der Waals surface area (Å²) in [6.07, 6.45) is 6.96. The first-order chi connectivity index (χ1) is 9.92. The van der Waals surface area contributed by atoms with Crippen molar-refractivity contribution in [1.82, 2.24) is 4.90 Å². The van der Waals surface area contributed by atoms with E-state index >= 15 is 0 Å². The van der Waals surface area contributed by atoms with Gasteiger partial charge in [-0.25, -0.2) is 0 Å². The van der Waals surface area contributed by atoms with Gasteiger partial charge in [-0.1, -0.05) is 60.7 Å². The second-order valence-electron chi connectivity index (χ2n) is 5.45. The van der Waals surface area contributed by atoms with Gasteiger partial charge in [0.15, 0.2) is 0 Å². The fourth-order valence-electron chi connectivity index (χ4n) is 2.86. The van der Waals surface area contributed by atoms with Crippen LogP contribution in [0.4, 0.5) is 0 Å². The van der Waals surface area contributed by atoms with Crippen LogP contribution in [0.5, 0.6) is 0 Å². The summed E-state index contributed by atoms with van der Waals surface area (Å²) >= 11 is 0. The summed E-state index contributed by atoms with van der Waals surface area (Å²) in [7, 11) is 0. The lowest BCUT2D eigenvalue weighted by molar-refractivity contribution is 0.285. The SMILES string of the molecule is C(=CN1CCC(c2ccccc2)CC1)c1ccccc1. The Morgan fingerprint density at radius 3 is 2.05 bits per heavy atom. The third kappa shape index (κ3) is 3.30. The van der Waals surface area contributed by atoms with E-state index < -0.39 is 0 Å². The topological polar surface area (TPSA) is 3.24 Å². The standard InChI is InChI=1S/C19H21N/c1-3-7-17(8-4-1)11-14-20-15-12-19(13-16-20)18-9-5-2-6-10-18/h1-11,14,19H,12-13,15-16H2. The van der Waals surface area contributed by atoms with Gasteiger partial charge in [0.05, 0.1) is 0 Å². The lowest BCUT2D eigenvalue weighted by Gasteiger charge is -2.31. The Morgan fingerprint density at radius 1 is 0.800 bits per heavy atom. The maximum atomic E-state index is 2.44. The van der Waals surface area contributed by atoms with E-state index in [0.29, 0.717) is 0 Å². The number of likely N-dealkylation sites (tertiary alicyclic amines) is 1. The normalized spacial score (nSPS) is 16.7. The lowest BCUT2D eigenvalue weighted by Crippen LogP contribution is -2.28. The molecule has 1 aliphatic heterocycles. The van der Waals surface area contributed by atoms with Crippen molar-refractivity contribution >= 4 is 6.08 Å². The molecule has 20 heavy (non-hydrogen) atoms. The first-order valence-corrected chi connectivity index (χ1v) is 7.44. The zero-order valence-electron chi connectivity index (χ0n) is 11.8. The van der Waals surface area contributed by atoms with Crippen molar-refractivity contribution in [3.63, 3.8) is 0 Å². The number of hydrogen-bond acceptors (Lipinski definition) is 1. The fourth-order valence-corrected chi connectivity index (χ4v) is 2.86. The average molecular weight is 263 g/mol. The molecule has 1 saturated heterocycles. The van der Waals surface area contributed by atoms with Gasteiger partial charge in [0.25, 0.3) is 0 Å². The van der Waals surface area contributed by atoms with E-state index in [1.807, 2.05) is 0 Å². The maximum Gasteiger partial charge on any atom is 0.0178 e. The summed E-state index contributed by atoms with van der Waals surface area (Å²) in [6.45, 7) is 2.31. The molecule has 0 radical (unpaired) electrons. The van der Waals surface area contributed by atoms with Crippen molar-refractivity contribution in [3.8, 4) is 0 Å². The number of benzene rings is 2. The molecule has 0 N–H and O–H groups in total. The molecule has 3 rings (SSSR count). The molecule has 0 spiro atoms. The Morgan fingerprint density at radius 2 is 1.40 bits per heavy atom. The molecule has 0 saturated carbocycles. The van der Waals surface area contributed by atoms with Crippen LogP contribution in [0, 0.1) is 0 Å². The van der Waals surface area contributed by atoms with Crippen LogP contribution >= 0.6 is 0 Å². The average Bonchev–Trinajstić information content (AvgIpc) is 2.55. The highest BCUT2D eigenvalue weighted by atomic mass is 15.1. The third-order valence-electron chi connectivity index (χ3n) is 4.08. The predicted octanol–water partition coefficient (Wildman–Crippen LogP) is 4.54. The van der Waals surface area contributed by atoms with Crippen molar-refractivity contribution in [3.05, 3.63) is 78.0 Å². The minimum absolute atomic E-state index is 0.734. The highest BCUT2D eigenvalue weighted by molar-refractivity contribution is 5.48. The molecule has 1 fully saturated rings. The van der Waals surface area contributed by atoms with Crippen molar-refractivity contribution in [2.45, 2.75) is 18.8 Å². The van der Waals surface area contributed by atoms with E-state index in [4.69, 9.17) is 0 Å². The molecule has 0 atom stereocenters. The number of nitrogens with zero attached hydrogens (tertiary/aromatic N) is 1. The fraction of sp³-hybridized carbons (Fsp3) is 0.263. The second-order valence-corrected chi connectivity index (χ2v) is 5.45. The van der Waals surface area contributed by atoms with Gasteiger partial charge in [0.1, 0.15) is 0 Å². The van der Waals surface area contributed by atoms with Crippen molar-refractivity contribution in [2.24, 2.45) is 0 Å². The molecule has 2 aromatic rings. The van der Waals surface area contributed by atoms with Gasteiger partial charge in [-0.05, 0) is 42.2 Å². The molecule has 0 amide bonds. The largest absolute Gasteiger partial charge is 0.377 e. The lowest BCUT2D eigenvalue weighted by atomic mass is 9.90. The minimum atomic E-state index is 0.734. The van der Waals surface area contributed by atoms with Crippen LogP contribution in [0.25, 0.3) is 6.08 Å². The molecule has 0 aromatic heterocycles. The van der Waals surface area contributed by atoms with Gasteiger partial charge < -0.3 is 4.90 Å². The molecule has 0 aliphatic carbocycles. The molecule has 2 aromatic carbocycles. The summed E-state index contributed by atoms with van der Waals surface area (Å²) in [5.41, 5.74) is 2.77. The minimum Gasteiger partial charge on any atom is -0.377 e. The Balaban J connectivity index is 1.55. The van der Waals surface area contributed by atoms with Gasteiger partial charge in [0, 0.05) is 13.1 Å². The molecule has 102 valence electrons. The van der Waals surface area contributed by atoms with Crippen LogP contribution in [0.2, 0.25) is 0 Å². The van der Waals surface area contributed by atoms with E-state index in [1.165, 1.54) is 24.0 Å². The van der Waals surface area contributed by atoms with Crippen molar-refractivity contribution in [1.29, 1.82) is 0 Å². The van der Waals surface area contributed by atoms with E-state index in [2.05, 4.69) is 77.8 Å². The monoisotopic (exact) mass is 263 g/mol. The summed E-state index contributed by atoms with van der Waals surface area (Å²) in [4.78, 5) is 2.44. The zero-order chi connectivity index (χ0) is 13.6. The van der Waals surface area contributed by atoms with Gasteiger partial charge in [-0.3, -0.25) is 0 Å². The Bertz CT molecular complexity index is 536. The van der Waals surface area contributed by atoms with E-state index in [0.717, 1.165) is 19.0 Å². The molecule has 0 unspecified atom stereocenters. The summed E-state index contributed by atoms with van der Waals surface area (Å²) in [6, 6.07) is 21.4. The molecule has 0 bridgehead atoms. The Hall–Kier alpha value is -2.02. The second kappa shape index (κ2) is 6.42. The van der Waals surface area contributed by atoms with Gasteiger partial charge >= 0.3 is 0 Å². The van der Waals surface area contributed by atoms with Gasteiger partial charge in [-0.2, -0.15) is 0 Å². The first-order valence-electron chi connectivity index (χ1n) is 7.44. The van der Waals surface area contributed by atoms with Crippen LogP contribution in [-0.4, -0.2) is 18.0 Å². The van der Waals surface area contributed by atoms with Crippen molar-refractivity contribution in [2.75, 3.05) is 13.1 Å². The predicted molar refractivity (Wildman–Crippen MR) is 85.5 cm³/mol. The van der Waals surface area contributed by atoms with Crippen LogP contribution in [-0.2, 0) is 0 Å². The van der Waals surface area contributed by atoms with Gasteiger partial charge in [0.2, 0.25) is 0 Å². The summed E-state index contributed by atoms with van der Waals surface area (Å²) in [5, 5.41) is 0. The molecule has 1 aliphatic rings. The van der Waals surface area contributed by atoms with Crippen LogP contribution < -0.4 is 0 Å². The molecule has 1 heterocycles. The van der Waals surface area contributed by atoms with E-state index in [9.17, 15) is 0 Å². The maximum absolute atomic E-state index is 2.44. The third-order valence-corrected chi connectivity index (χ3v) is 4.08. The van der Waals surface area contributed by atoms with Crippen LogP contribution in [0.15, 0.2) is 66.9 Å². The summed E-state index contributed by atoms with van der Waals surface area (Å²) in [5.74, 6) is 0.734. The highest BCUT2D eigenvalue weighted by Gasteiger charge is 2.18. The van der Waals surface area contributed by atoms with Gasteiger partial charge in [-0.15, -0.1) is 0 Å². The quantitative estimate of drug-likeness (QED) is 0.786. The van der Waals surface area contributed by atoms with Crippen molar-refractivity contribution < 1.29 is 0 Å². The number of rotatable bonds is 3. The number of piperidine rings is 1. The van der Waals surface area contributed by atoms with Crippen LogP contribution in [0.3, 0.4) is 0 Å². The molecular formula is C19H21N. The Labute approximate surface area is 121 Å². The van der Waals surface area contributed by atoms with E-state index in [1.54, 1.807) is 0 Å². The molecule has 1 nitrogen and oxygen atoms in total. The molecule has 1 heteroatoms. The summed E-state index contributed by atoms with van der Waals surface area (Å²) < 4.78 is 0. The Kier molecular flexibility index (Phi) is 4.17. The van der Waals surface area contributed by atoms with Crippen LogP contribution in [0.1, 0.15) is 29.9 Å². The zero-order valence-corrected chi connectivity index (χ0v) is 11.8. The van der Waals surface area contributed by atoms with E-state index in [-0.39, 0.29) is 0 Å².